The summed E-state index contributed by atoms with van der Waals surface area (Å²) in [6.45, 7) is 8.76. The number of anilines is 1. The number of benzene rings is 4. The number of hydrogen-bond acceptors (Lipinski definition) is 14. The first-order valence-electron chi connectivity index (χ1n) is 30.6. The Hall–Kier alpha value is -8.33. The molecule has 7 aromatic rings. The van der Waals surface area contributed by atoms with Crippen LogP contribution in [-0.4, -0.2) is 126 Å². The molecule has 12 rings (SSSR count). The number of carboxylic acids is 1. The normalized spacial score (nSPS) is 21.0. The van der Waals surface area contributed by atoms with Crippen LogP contribution in [0, 0.1) is 23.2 Å². The molecule has 20 heteroatoms. The van der Waals surface area contributed by atoms with Crippen LogP contribution in [0.1, 0.15) is 135 Å². The molecule has 460 valence electrons. The molecule has 3 aromatic heterocycles. The summed E-state index contributed by atoms with van der Waals surface area (Å²) < 4.78 is 15.8. The van der Waals surface area contributed by atoms with Crippen molar-refractivity contribution in [2.75, 3.05) is 44.7 Å². The van der Waals surface area contributed by atoms with Gasteiger partial charge in [-0.2, -0.15) is 5.10 Å². The number of pyridine rings is 1. The molecule has 2 unspecified atom stereocenters. The molecule has 0 radical (unpaired) electrons. The Balaban J connectivity index is 0.686. The van der Waals surface area contributed by atoms with Gasteiger partial charge in [0.2, 0.25) is 5.91 Å². The summed E-state index contributed by atoms with van der Waals surface area (Å²) in [7, 11) is 0. The zero-order valence-corrected chi connectivity index (χ0v) is 51.0. The first-order chi connectivity index (χ1) is 42.3. The van der Waals surface area contributed by atoms with Crippen molar-refractivity contribution in [3.05, 3.63) is 137 Å². The Morgan fingerprint density at radius 2 is 1.59 bits per heavy atom. The maximum Gasteiger partial charge on any atom is 0.410 e. The van der Waals surface area contributed by atoms with Crippen LogP contribution in [0.2, 0.25) is 0 Å². The number of aromatic nitrogens is 4. The molecule has 4 saturated carbocycles. The summed E-state index contributed by atoms with van der Waals surface area (Å²) >= 11 is 1.40. The average molecular weight is 1210 g/mol. The molecule has 4 fully saturated rings. The number of ether oxygens (including phenoxy) is 2. The van der Waals surface area contributed by atoms with Crippen molar-refractivity contribution in [1.29, 1.82) is 0 Å². The van der Waals surface area contributed by atoms with Gasteiger partial charge in [-0.1, -0.05) is 80.1 Å². The molecule has 2 atom stereocenters. The number of para-hydroxylation sites is 1. The number of hydrogen-bond donors (Lipinski definition) is 5. The topological polar surface area (TPSA) is 256 Å². The van der Waals surface area contributed by atoms with Crippen LogP contribution in [-0.2, 0) is 43.4 Å². The highest BCUT2D eigenvalue weighted by Crippen LogP contribution is 2.72. The summed E-state index contributed by atoms with van der Waals surface area (Å²) in [5.74, 6) is -2.08. The summed E-state index contributed by atoms with van der Waals surface area (Å²) in [6, 6.07) is 27.8. The van der Waals surface area contributed by atoms with E-state index >= 15 is 0 Å². The predicted molar refractivity (Wildman–Crippen MR) is 335 cm³/mol. The molecule has 4 heterocycles. The molecule has 0 saturated heterocycles. The van der Waals surface area contributed by atoms with E-state index in [0.29, 0.717) is 95.8 Å². The minimum atomic E-state index is -1.17. The number of carbonyl (C=O) groups is 6. The van der Waals surface area contributed by atoms with Gasteiger partial charge in [-0.25, -0.2) is 19.6 Å². The highest BCUT2D eigenvalue weighted by molar-refractivity contribution is 7.22. The van der Waals surface area contributed by atoms with E-state index in [4.69, 9.17) is 19.6 Å². The van der Waals surface area contributed by atoms with E-state index < -0.39 is 17.7 Å². The molecule has 5 aliphatic rings. The lowest BCUT2D eigenvalue weighted by Crippen LogP contribution is -2.64. The number of imide groups is 1. The first kappa shape index (κ1) is 61.3. The number of aliphatic hydroxyl groups is 1. The highest BCUT2D eigenvalue weighted by Gasteiger charge is 2.66. The number of phenolic OH excluding ortho intramolecular Hbond substituents is 1. The fourth-order valence-corrected chi connectivity index (χ4v) is 16.1. The van der Waals surface area contributed by atoms with Gasteiger partial charge < -0.3 is 35.0 Å². The van der Waals surface area contributed by atoms with Crippen molar-refractivity contribution in [3.63, 3.8) is 0 Å². The molecule has 88 heavy (non-hydrogen) atoms. The minimum absolute atomic E-state index is 0.00142. The maximum absolute atomic E-state index is 13.7. The number of carbonyl (C=O) groups excluding carboxylic acids is 5. The quantitative estimate of drug-likeness (QED) is 0.0237. The largest absolute Gasteiger partial charge is 0.508 e. The third-order valence-electron chi connectivity index (χ3n) is 18.1. The second-order valence-corrected chi connectivity index (χ2v) is 26.5. The number of aromatic hydroxyl groups is 1. The lowest BCUT2D eigenvalue weighted by molar-refractivity contribution is -0.248. The number of amides is 5. The molecule has 0 spiro atoms. The lowest BCUT2D eigenvalue weighted by atomic mass is 9.39. The number of nitrogens with one attached hydrogen (secondary N) is 2. The molecule has 5 amide bonds. The summed E-state index contributed by atoms with van der Waals surface area (Å²) in [4.78, 5) is 88.4. The molecular formula is C68H76N8O11S. The van der Waals surface area contributed by atoms with Crippen molar-refractivity contribution in [2.24, 2.45) is 16.2 Å². The predicted octanol–water partition coefficient (Wildman–Crippen LogP) is 11.4. The number of aryl methyl sites for hydroxylation is 1. The molecule has 4 bridgehead atoms. The Morgan fingerprint density at radius 3 is 2.35 bits per heavy atom. The standard InChI is InChI=1S/C68H76N8O11S/c1-44-52(49-23-24-53(71-60(49)62(83)84)47-22-21-46-14-11-15-50(51(46)34-47)61(82)73-63-72-54-16-6-7-17-56(54)88-63)35-70-76(44)43-67-38-65(2)37-66(3,39-67)41-68(40-65,42-67)87-32-30-74(28-12-31-77)64(85)86-36-48-20-19-45(33-55(48)78)13-8-9-27-69-57(79)18-5-4-10-29-75-58(80)25-26-59(75)81/h6-7,11,14-17,19-26,33-35,77-78H,4-5,8-10,12-13,18,27-32,36-43H2,1-3H3,(H,69,79)(H,83,84)(H,72,73,82). The number of rotatable bonds is 27. The van der Waals surface area contributed by atoms with Crippen LogP contribution < -0.4 is 10.6 Å². The minimum Gasteiger partial charge on any atom is -0.508 e. The van der Waals surface area contributed by atoms with E-state index in [2.05, 4.69) is 29.5 Å². The molecule has 4 aliphatic carbocycles. The van der Waals surface area contributed by atoms with Crippen LogP contribution in [0.4, 0.5) is 9.93 Å². The Bertz CT molecular complexity index is 3790. The second kappa shape index (κ2) is 25.8. The zero-order valence-electron chi connectivity index (χ0n) is 50.1. The van der Waals surface area contributed by atoms with Gasteiger partial charge in [0.25, 0.3) is 17.7 Å². The number of nitrogens with zero attached hydrogens (tertiary/aromatic N) is 6. The number of aromatic carboxylic acids is 1. The number of carboxylic acid groups (broad SMARTS) is 1. The third kappa shape index (κ3) is 13.7. The fraction of sp³-hybridized carbons (Fsp3) is 0.426. The number of aliphatic hydroxyl groups excluding tert-OH is 1. The van der Waals surface area contributed by atoms with E-state index in [0.717, 1.165) is 84.6 Å². The Morgan fingerprint density at radius 1 is 0.795 bits per heavy atom. The number of phenols is 1. The van der Waals surface area contributed by atoms with Gasteiger partial charge in [0.1, 0.15) is 12.4 Å². The molecule has 5 N–H and O–H groups in total. The van der Waals surface area contributed by atoms with Gasteiger partial charge in [0, 0.05) is 91.4 Å². The molecule has 4 aromatic carbocycles. The van der Waals surface area contributed by atoms with Gasteiger partial charge in [0.05, 0.1) is 34.3 Å². The maximum atomic E-state index is 13.7. The highest BCUT2D eigenvalue weighted by atomic mass is 32.1. The van der Waals surface area contributed by atoms with Crippen molar-refractivity contribution < 1.29 is 53.6 Å². The van der Waals surface area contributed by atoms with Crippen molar-refractivity contribution in [3.8, 4) is 28.1 Å². The van der Waals surface area contributed by atoms with E-state index in [1.807, 2.05) is 78.3 Å². The Labute approximate surface area is 515 Å². The monoisotopic (exact) mass is 1210 g/mol. The SMILES string of the molecule is Cc1c(-c2ccc(-c3ccc4cccc(C(=O)Nc5nc6ccccc6s5)c4c3)nc2C(=O)O)cnn1CC12CC3(C)CC(C)(C1)CC(OCCN(CCCO)C(=O)OCc1ccc(CCCCNC(=O)CCCCCN4C(=O)C=CC4=O)cc1O)(C3)C2. The number of fused-ring (bicyclic) bond motifs is 2. The smallest absolute Gasteiger partial charge is 0.410 e. The molecule has 19 nitrogen and oxygen atoms in total. The van der Waals surface area contributed by atoms with Gasteiger partial charge in [-0.15, -0.1) is 0 Å². The number of unbranched alkanes of at least 4 members (excludes halogenated alkanes) is 3. The van der Waals surface area contributed by atoms with Gasteiger partial charge in [0.15, 0.2) is 10.8 Å². The zero-order chi connectivity index (χ0) is 61.8. The van der Waals surface area contributed by atoms with Crippen molar-refractivity contribution in [1.82, 2.24) is 34.9 Å². The second-order valence-electron chi connectivity index (χ2n) is 25.5. The van der Waals surface area contributed by atoms with Crippen LogP contribution in [0.15, 0.2) is 109 Å². The van der Waals surface area contributed by atoms with E-state index in [-0.39, 0.29) is 84.2 Å². The molecule has 1 aliphatic heterocycles. The van der Waals surface area contributed by atoms with Crippen LogP contribution >= 0.6 is 11.3 Å². The van der Waals surface area contributed by atoms with Crippen molar-refractivity contribution >= 4 is 73.1 Å². The number of thiazole rings is 1. The van der Waals surface area contributed by atoms with Gasteiger partial charge in [-0.05, 0) is 159 Å². The van der Waals surface area contributed by atoms with Gasteiger partial charge in [-0.3, -0.25) is 34.1 Å². The van der Waals surface area contributed by atoms with Crippen LogP contribution in [0.5, 0.6) is 5.75 Å². The van der Waals surface area contributed by atoms with Gasteiger partial charge >= 0.3 is 12.1 Å². The summed E-state index contributed by atoms with van der Waals surface area (Å²) in [5, 5.41) is 44.4. The van der Waals surface area contributed by atoms with E-state index in [1.54, 1.807) is 35.4 Å². The Kier molecular flexibility index (Phi) is 18.0. The third-order valence-corrected chi connectivity index (χ3v) is 19.0. The summed E-state index contributed by atoms with van der Waals surface area (Å²) in [5.41, 5.74) is 5.00. The van der Waals surface area contributed by atoms with E-state index in [9.17, 15) is 44.1 Å². The van der Waals surface area contributed by atoms with Crippen LogP contribution in [0.25, 0.3) is 43.4 Å². The fourth-order valence-electron chi connectivity index (χ4n) is 15.3. The summed E-state index contributed by atoms with van der Waals surface area (Å²) in [6.07, 6.45) is 14.4. The van der Waals surface area contributed by atoms with Crippen molar-refractivity contribution in [2.45, 2.75) is 129 Å². The molecular weight excluding hydrogens is 1140 g/mol. The average Bonchev–Trinajstić information content (AvgIpc) is 0.813. The van der Waals surface area contributed by atoms with E-state index in [1.165, 1.54) is 28.4 Å². The van der Waals surface area contributed by atoms with Crippen LogP contribution in [0.3, 0.4) is 0 Å². The lowest BCUT2D eigenvalue weighted by Gasteiger charge is -2.69. The first-order valence-corrected chi connectivity index (χ1v) is 31.4.